The van der Waals surface area contributed by atoms with E-state index in [2.05, 4.69) is 39.9 Å². The highest BCUT2D eigenvalue weighted by molar-refractivity contribution is 5.85. The monoisotopic (exact) mass is 350 g/mol. The summed E-state index contributed by atoms with van der Waals surface area (Å²) in [5.41, 5.74) is 23.6. The van der Waals surface area contributed by atoms with Crippen molar-refractivity contribution in [2.75, 3.05) is 22.9 Å². The number of nitrogen functional groups attached to an aromatic ring is 4. The van der Waals surface area contributed by atoms with Gasteiger partial charge in [-0.3, -0.25) is 0 Å². The normalized spacial score (nSPS) is 11.4. The number of aliphatic imine (C=N–C) groups is 2. The van der Waals surface area contributed by atoms with Gasteiger partial charge < -0.3 is 22.9 Å². The van der Waals surface area contributed by atoms with E-state index in [4.69, 9.17) is 22.9 Å². The Morgan fingerprint density at radius 3 is 1.15 bits per heavy atom. The van der Waals surface area contributed by atoms with Crippen LogP contribution in [0.4, 0.5) is 35.7 Å². The van der Waals surface area contributed by atoms with Crippen molar-refractivity contribution >= 4 is 48.1 Å². The maximum atomic E-state index is 5.49. The average Bonchev–Trinajstić information content (AvgIpc) is 2.57. The van der Waals surface area contributed by atoms with E-state index in [0.717, 1.165) is 11.1 Å². The topological polar surface area (TPSA) is 206 Å². The van der Waals surface area contributed by atoms with Crippen molar-refractivity contribution in [3.8, 4) is 0 Å². The molecule has 12 nitrogen and oxygen atoms in total. The van der Waals surface area contributed by atoms with Crippen LogP contribution in [0.15, 0.2) is 34.3 Å². The number of aromatic nitrogens is 6. The van der Waals surface area contributed by atoms with E-state index >= 15 is 0 Å². The Hall–Kier alpha value is -4.22. The third-order valence-electron chi connectivity index (χ3n) is 2.91. The van der Waals surface area contributed by atoms with E-state index in [9.17, 15) is 0 Å². The number of hydrogen-bond donors (Lipinski definition) is 4. The van der Waals surface area contributed by atoms with Gasteiger partial charge in [-0.2, -0.15) is 29.9 Å². The molecule has 130 valence electrons. The summed E-state index contributed by atoms with van der Waals surface area (Å²) in [7, 11) is 0. The highest BCUT2D eigenvalue weighted by Crippen LogP contribution is 2.10. The van der Waals surface area contributed by atoms with Crippen molar-refractivity contribution in [1.82, 2.24) is 29.9 Å². The van der Waals surface area contributed by atoms with Crippen LogP contribution in [0.3, 0.4) is 0 Å². The molecule has 0 unspecified atom stereocenters. The zero-order valence-corrected chi connectivity index (χ0v) is 13.4. The van der Waals surface area contributed by atoms with Gasteiger partial charge in [0.2, 0.25) is 23.8 Å². The van der Waals surface area contributed by atoms with E-state index in [1.807, 2.05) is 24.3 Å². The number of anilines is 4. The summed E-state index contributed by atoms with van der Waals surface area (Å²) in [6, 6.07) is 7.31. The molecule has 0 saturated heterocycles. The zero-order chi connectivity index (χ0) is 18.5. The summed E-state index contributed by atoms with van der Waals surface area (Å²) in [6.45, 7) is 0. The lowest BCUT2D eigenvalue weighted by Gasteiger charge is -1.98. The number of benzene rings is 1. The first-order chi connectivity index (χ1) is 12.5. The van der Waals surface area contributed by atoms with Crippen LogP contribution in [-0.4, -0.2) is 42.3 Å². The second kappa shape index (κ2) is 7.12. The predicted octanol–water partition coefficient (Wildman–Crippen LogP) is -0.113. The molecule has 0 fully saturated rings. The van der Waals surface area contributed by atoms with Gasteiger partial charge >= 0.3 is 0 Å². The van der Waals surface area contributed by atoms with Crippen LogP contribution < -0.4 is 22.9 Å². The van der Waals surface area contributed by atoms with Crippen molar-refractivity contribution < 1.29 is 0 Å². The molecule has 0 saturated carbocycles. The van der Waals surface area contributed by atoms with Crippen molar-refractivity contribution in [1.29, 1.82) is 0 Å². The highest BCUT2D eigenvalue weighted by Gasteiger charge is 2.00. The largest absolute Gasteiger partial charge is 0.368 e. The van der Waals surface area contributed by atoms with Gasteiger partial charge in [-0.1, -0.05) is 24.3 Å². The minimum atomic E-state index is 0.0100. The van der Waals surface area contributed by atoms with E-state index in [-0.39, 0.29) is 35.7 Å². The third-order valence-corrected chi connectivity index (χ3v) is 2.91. The van der Waals surface area contributed by atoms with Crippen LogP contribution >= 0.6 is 0 Å². The fourth-order valence-corrected chi connectivity index (χ4v) is 1.84. The van der Waals surface area contributed by atoms with E-state index in [1.54, 1.807) is 12.4 Å². The summed E-state index contributed by atoms with van der Waals surface area (Å²) in [6.07, 6.45) is 3.14. The van der Waals surface area contributed by atoms with Crippen LogP contribution in [-0.2, 0) is 0 Å². The van der Waals surface area contributed by atoms with Crippen LogP contribution in [0.2, 0.25) is 0 Å². The predicted molar refractivity (Wildman–Crippen MR) is 98.3 cm³/mol. The molecule has 0 aliphatic heterocycles. The summed E-state index contributed by atoms with van der Waals surface area (Å²) in [5, 5.41) is 0. The molecule has 0 spiro atoms. The smallest absolute Gasteiger partial charge is 0.255 e. The molecule has 2 aromatic heterocycles. The van der Waals surface area contributed by atoms with Gasteiger partial charge in [0.15, 0.2) is 0 Å². The lowest BCUT2D eigenvalue weighted by molar-refractivity contribution is 1.06. The first kappa shape index (κ1) is 16.6. The molecule has 8 N–H and O–H groups in total. The van der Waals surface area contributed by atoms with Crippen molar-refractivity contribution in [3.63, 3.8) is 0 Å². The van der Waals surface area contributed by atoms with Crippen LogP contribution in [0.1, 0.15) is 11.1 Å². The number of nitrogens with zero attached hydrogens (tertiary/aromatic N) is 8. The number of rotatable bonds is 4. The molecule has 0 bridgehead atoms. The lowest BCUT2D eigenvalue weighted by atomic mass is 10.2. The molecular weight excluding hydrogens is 336 g/mol. The lowest BCUT2D eigenvalue weighted by Crippen LogP contribution is -2.02. The van der Waals surface area contributed by atoms with Gasteiger partial charge in [0.25, 0.3) is 11.9 Å². The SMILES string of the molecule is Nc1nc(N)nc(/N=C/c2ccc(/C=N/c3nc(N)nc(N)n3)cc2)n1. The molecule has 0 aliphatic rings. The Labute approximate surface area is 147 Å². The molecule has 2 heterocycles. The van der Waals surface area contributed by atoms with Crippen molar-refractivity contribution in [2.45, 2.75) is 0 Å². The minimum absolute atomic E-state index is 0.0100. The minimum Gasteiger partial charge on any atom is -0.368 e. The summed E-state index contributed by atoms with van der Waals surface area (Å²) in [4.78, 5) is 31.0. The second-order valence-electron chi connectivity index (χ2n) is 4.89. The van der Waals surface area contributed by atoms with Gasteiger partial charge in [0.05, 0.1) is 0 Å². The summed E-state index contributed by atoms with van der Waals surface area (Å²) < 4.78 is 0. The summed E-state index contributed by atoms with van der Waals surface area (Å²) in [5.74, 6) is 0.301. The van der Waals surface area contributed by atoms with Crippen molar-refractivity contribution in [3.05, 3.63) is 35.4 Å². The molecule has 3 rings (SSSR count). The Kier molecular flexibility index (Phi) is 4.56. The Balaban J connectivity index is 1.71. The number of nitrogens with two attached hydrogens (primary N) is 4. The highest BCUT2D eigenvalue weighted by atomic mass is 15.2. The summed E-state index contributed by atoms with van der Waals surface area (Å²) >= 11 is 0. The molecule has 26 heavy (non-hydrogen) atoms. The van der Waals surface area contributed by atoms with Gasteiger partial charge in [0.1, 0.15) is 0 Å². The van der Waals surface area contributed by atoms with E-state index in [0.29, 0.717) is 0 Å². The number of hydrogen-bond acceptors (Lipinski definition) is 12. The molecule has 3 aromatic rings. The first-order valence-corrected chi connectivity index (χ1v) is 7.20. The van der Waals surface area contributed by atoms with Gasteiger partial charge in [0, 0.05) is 12.4 Å². The standard InChI is InChI=1S/C14H14N12/c15-9-21-10(16)24-13(23-9)19-5-7-1-2-8(4-3-7)6-20-14-25-11(17)22-12(18)26-14/h1-6H,(H4,15,16,21,23,24)(H4,17,18,22,25,26)/b19-5+,20-6+. The Morgan fingerprint density at radius 1 is 0.538 bits per heavy atom. The molecule has 0 atom stereocenters. The van der Waals surface area contributed by atoms with Gasteiger partial charge in [-0.05, 0) is 11.1 Å². The van der Waals surface area contributed by atoms with Crippen LogP contribution in [0, 0.1) is 0 Å². The molecule has 0 aliphatic carbocycles. The third kappa shape index (κ3) is 4.41. The van der Waals surface area contributed by atoms with E-state index in [1.165, 1.54) is 0 Å². The molecular formula is C14H14N12. The van der Waals surface area contributed by atoms with Crippen LogP contribution in [0.25, 0.3) is 0 Å². The zero-order valence-electron chi connectivity index (χ0n) is 13.4. The molecule has 0 amide bonds. The first-order valence-electron chi connectivity index (χ1n) is 7.20. The fourth-order valence-electron chi connectivity index (χ4n) is 1.84. The fraction of sp³-hybridized carbons (Fsp3) is 0. The molecule has 0 radical (unpaired) electrons. The average molecular weight is 350 g/mol. The Morgan fingerprint density at radius 2 is 0.846 bits per heavy atom. The Bertz CT molecular complexity index is 859. The quantitative estimate of drug-likeness (QED) is 0.459. The maximum absolute atomic E-state index is 5.49. The second-order valence-corrected chi connectivity index (χ2v) is 4.89. The van der Waals surface area contributed by atoms with Gasteiger partial charge in [-0.25, -0.2) is 9.98 Å². The van der Waals surface area contributed by atoms with E-state index < -0.39 is 0 Å². The van der Waals surface area contributed by atoms with Crippen molar-refractivity contribution in [2.24, 2.45) is 9.98 Å². The molecule has 12 heteroatoms. The van der Waals surface area contributed by atoms with Crippen LogP contribution in [0.5, 0.6) is 0 Å². The van der Waals surface area contributed by atoms with Gasteiger partial charge in [-0.15, -0.1) is 0 Å². The molecule has 1 aromatic carbocycles. The maximum Gasteiger partial charge on any atom is 0.255 e.